The molecule has 0 saturated heterocycles. The van der Waals surface area contributed by atoms with E-state index in [9.17, 15) is 0 Å². The minimum Gasteiger partial charge on any atom is -0.330 e. The molecular weight excluding hydrogens is 172 g/mol. The molecule has 0 heterocycles. The summed E-state index contributed by atoms with van der Waals surface area (Å²) in [6, 6.07) is 0. The molecule has 2 N–H and O–H groups in total. The number of rotatable bonds is 7. The topological polar surface area (TPSA) is 38.4 Å². The molecule has 2 nitrogen and oxygen atoms in total. The van der Waals surface area contributed by atoms with E-state index in [1.54, 1.807) is 0 Å². The summed E-state index contributed by atoms with van der Waals surface area (Å²) in [7, 11) is 1.87. The monoisotopic (exact) mass is 196 g/mol. The molecule has 0 amide bonds. The molecule has 0 aromatic rings. The highest BCUT2D eigenvalue weighted by Crippen LogP contribution is 2.11. The van der Waals surface area contributed by atoms with Crippen molar-refractivity contribution in [2.45, 2.75) is 39.5 Å². The Hall–Kier alpha value is -0.630. The molecule has 0 aliphatic carbocycles. The summed E-state index contributed by atoms with van der Waals surface area (Å²) in [5, 5.41) is 0. The zero-order valence-electron chi connectivity index (χ0n) is 9.79. The van der Waals surface area contributed by atoms with Crippen molar-refractivity contribution in [3.8, 4) is 0 Å². The Morgan fingerprint density at radius 2 is 2.14 bits per heavy atom. The molecule has 0 radical (unpaired) electrons. The first-order chi connectivity index (χ1) is 6.79. The lowest BCUT2D eigenvalue weighted by Crippen LogP contribution is -2.16. The first-order valence-electron chi connectivity index (χ1n) is 5.63. The molecule has 2 heteroatoms. The molecular formula is C12H24N2. The van der Waals surface area contributed by atoms with E-state index in [4.69, 9.17) is 5.73 Å². The highest BCUT2D eigenvalue weighted by Gasteiger charge is 2.09. The van der Waals surface area contributed by atoms with Gasteiger partial charge in [-0.3, -0.25) is 4.99 Å². The van der Waals surface area contributed by atoms with Crippen LogP contribution in [0.3, 0.4) is 0 Å². The fourth-order valence-corrected chi connectivity index (χ4v) is 1.53. The molecule has 0 rings (SSSR count). The van der Waals surface area contributed by atoms with Crippen molar-refractivity contribution < 1.29 is 0 Å². The first kappa shape index (κ1) is 13.4. The Bertz CT molecular complexity index is 183. The number of hydrogen-bond donors (Lipinski definition) is 1. The van der Waals surface area contributed by atoms with Gasteiger partial charge in [-0.05, 0) is 31.9 Å². The van der Waals surface area contributed by atoms with E-state index in [0.29, 0.717) is 5.92 Å². The normalized spacial score (nSPS) is 15.0. The van der Waals surface area contributed by atoms with Crippen LogP contribution in [-0.4, -0.2) is 19.3 Å². The van der Waals surface area contributed by atoms with Crippen LogP contribution in [0.25, 0.3) is 0 Å². The third-order valence-corrected chi connectivity index (χ3v) is 2.43. The lowest BCUT2D eigenvalue weighted by Gasteiger charge is -2.13. The molecule has 14 heavy (non-hydrogen) atoms. The maximum absolute atomic E-state index is 5.57. The molecule has 1 atom stereocenters. The molecule has 0 spiro atoms. The molecule has 0 aromatic carbocycles. The van der Waals surface area contributed by atoms with Crippen molar-refractivity contribution >= 4 is 5.71 Å². The van der Waals surface area contributed by atoms with Crippen LogP contribution < -0.4 is 5.73 Å². The van der Waals surface area contributed by atoms with Crippen molar-refractivity contribution in [1.29, 1.82) is 0 Å². The van der Waals surface area contributed by atoms with Gasteiger partial charge >= 0.3 is 0 Å². The van der Waals surface area contributed by atoms with Crippen molar-refractivity contribution in [1.82, 2.24) is 0 Å². The van der Waals surface area contributed by atoms with Crippen LogP contribution in [0.1, 0.15) is 39.5 Å². The summed E-state index contributed by atoms with van der Waals surface area (Å²) < 4.78 is 0. The maximum atomic E-state index is 5.57. The van der Waals surface area contributed by atoms with Gasteiger partial charge < -0.3 is 5.73 Å². The number of hydrogen-bond acceptors (Lipinski definition) is 2. The first-order valence-corrected chi connectivity index (χ1v) is 5.63. The van der Waals surface area contributed by atoms with Gasteiger partial charge in [-0.1, -0.05) is 26.3 Å². The van der Waals surface area contributed by atoms with Crippen LogP contribution in [0, 0.1) is 5.92 Å². The van der Waals surface area contributed by atoms with Gasteiger partial charge in [0.05, 0.1) is 0 Å². The second-order valence-corrected chi connectivity index (χ2v) is 3.52. The summed E-state index contributed by atoms with van der Waals surface area (Å²) in [6.07, 6.45) is 8.87. The lowest BCUT2D eigenvalue weighted by atomic mass is 9.96. The fourth-order valence-electron chi connectivity index (χ4n) is 1.53. The van der Waals surface area contributed by atoms with Crippen LogP contribution in [0.2, 0.25) is 0 Å². The number of nitrogens with two attached hydrogens (primary N) is 1. The van der Waals surface area contributed by atoms with Gasteiger partial charge in [-0.25, -0.2) is 0 Å². The van der Waals surface area contributed by atoms with Crippen LogP contribution >= 0.6 is 0 Å². The Kier molecular flexibility index (Phi) is 8.54. The Labute approximate surface area is 88.3 Å². The average Bonchev–Trinajstić information content (AvgIpc) is 2.22. The van der Waals surface area contributed by atoms with Gasteiger partial charge in [0.2, 0.25) is 0 Å². The largest absolute Gasteiger partial charge is 0.330 e. The van der Waals surface area contributed by atoms with Crippen LogP contribution in [0.15, 0.2) is 17.1 Å². The summed E-state index contributed by atoms with van der Waals surface area (Å²) >= 11 is 0. The highest BCUT2D eigenvalue weighted by molar-refractivity contribution is 5.96. The molecule has 0 aromatic heterocycles. The van der Waals surface area contributed by atoms with Gasteiger partial charge in [0, 0.05) is 18.7 Å². The zero-order chi connectivity index (χ0) is 10.8. The summed E-state index contributed by atoms with van der Waals surface area (Å²) in [4.78, 5) is 4.32. The third-order valence-electron chi connectivity index (χ3n) is 2.43. The maximum Gasteiger partial charge on any atom is 0.0372 e. The van der Waals surface area contributed by atoms with E-state index in [2.05, 4.69) is 31.0 Å². The van der Waals surface area contributed by atoms with E-state index in [1.807, 2.05) is 7.05 Å². The van der Waals surface area contributed by atoms with E-state index >= 15 is 0 Å². The number of aliphatic imine (C=N–C) groups is 1. The van der Waals surface area contributed by atoms with E-state index < -0.39 is 0 Å². The smallest absolute Gasteiger partial charge is 0.0372 e. The molecule has 0 saturated carbocycles. The molecule has 82 valence electrons. The van der Waals surface area contributed by atoms with Gasteiger partial charge in [0.1, 0.15) is 0 Å². The third kappa shape index (κ3) is 5.18. The van der Waals surface area contributed by atoms with Crippen LogP contribution in [0.4, 0.5) is 0 Å². The Morgan fingerprint density at radius 1 is 1.43 bits per heavy atom. The van der Waals surface area contributed by atoms with Gasteiger partial charge in [0.15, 0.2) is 0 Å². The Balaban J connectivity index is 4.22. The highest BCUT2D eigenvalue weighted by atomic mass is 14.7. The molecule has 0 bridgehead atoms. The summed E-state index contributed by atoms with van der Waals surface area (Å²) in [6.45, 7) is 5.13. The van der Waals surface area contributed by atoms with E-state index in [0.717, 1.165) is 25.8 Å². The predicted molar refractivity (Wildman–Crippen MR) is 64.9 cm³/mol. The Morgan fingerprint density at radius 3 is 2.57 bits per heavy atom. The lowest BCUT2D eigenvalue weighted by molar-refractivity contribution is 0.615. The number of unbranched alkanes of at least 4 members (excludes halogenated alkanes) is 1. The molecule has 1 unspecified atom stereocenters. The van der Waals surface area contributed by atoms with Gasteiger partial charge in [-0.2, -0.15) is 0 Å². The number of nitrogens with zero attached hydrogens (tertiary/aromatic N) is 1. The quantitative estimate of drug-likeness (QED) is 0.625. The van der Waals surface area contributed by atoms with Crippen LogP contribution in [0.5, 0.6) is 0 Å². The molecule has 0 fully saturated rings. The summed E-state index contributed by atoms with van der Waals surface area (Å²) in [5.74, 6) is 0.540. The average molecular weight is 196 g/mol. The van der Waals surface area contributed by atoms with Crippen LogP contribution in [-0.2, 0) is 0 Å². The molecule has 0 aliphatic heterocycles. The fraction of sp³-hybridized carbons (Fsp3) is 0.750. The minimum atomic E-state index is 0.540. The number of allylic oxidation sites excluding steroid dienone is 2. The zero-order valence-corrected chi connectivity index (χ0v) is 9.79. The van der Waals surface area contributed by atoms with E-state index in [-0.39, 0.29) is 0 Å². The van der Waals surface area contributed by atoms with Crippen molar-refractivity contribution in [2.75, 3.05) is 13.6 Å². The minimum absolute atomic E-state index is 0.540. The predicted octanol–water partition coefficient (Wildman–Crippen LogP) is 2.79. The molecule has 0 aliphatic rings. The second kappa shape index (κ2) is 8.95. The van der Waals surface area contributed by atoms with Crippen molar-refractivity contribution in [3.05, 3.63) is 12.2 Å². The summed E-state index contributed by atoms with van der Waals surface area (Å²) in [5.41, 5.74) is 6.77. The standard InChI is InChI=1S/C12H24N2/c1-4-6-7-8-12(14-3)11(5-2)9-10-13/h7-8,11H,4-6,9-10,13H2,1-3H3/b8-7-,14-12?. The van der Waals surface area contributed by atoms with Crippen molar-refractivity contribution in [3.63, 3.8) is 0 Å². The van der Waals surface area contributed by atoms with Crippen molar-refractivity contribution in [2.24, 2.45) is 16.6 Å². The van der Waals surface area contributed by atoms with Gasteiger partial charge in [-0.15, -0.1) is 0 Å². The van der Waals surface area contributed by atoms with E-state index in [1.165, 1.54) is 12.1 Å². The SMILES string of the molecule is CCC/C=C\C(=NC)C(CC)CCN. The second-order valence-electron chi connectivity index (χ2n) is 3.52. The van der Waals surface area contributed by atoms with Gasteiger partial charge in [0.25, 0.3) is 0 Å².